The Balaban J connectivity index is 1.56. The Hall–Kier alpha value is -1.76. The summed E-state index contributed by atoms with van der Waals surface area (Å²) in [5.74, 6) is -1.59. The largest absolute Gasteiger partial charge is 0.459 e. The normalized spacial score (nSPS) is 30.2. The first-order chi connectivity index (χ1) is 9.96. The van der Waals surface area contributed by atoms with E-state index in [9.17, 15) is 9.59 Å². The van der Waals surface area contributed by atoms with E-state index < -0.39 is 30.3 Å². The van der Waals surface area contributed by atoms with Crippen LogP contribution in [0.2, 0.25) is 0 Å². The smallest absolute Gasteiger partial charge is 0.338 e. The fraction of sp³-hybridized carbons (Fsp3) is 0.467. The second-order valence-corrected chi connectivity index (χ2v) is 5.42. The van der Waals surface area contributed by atoms with E-state index in [1.807, 2.05) is 0 Å². The maximum absolute atomic E-state index is 12.1. The minimum absolute atomic E-state index is 0.146. The van der Waals surface area contributed by atoms with E-state index in [2.05, 4.69) is 0 Å². The molecule has 1 unspecified atom stereocenters. The molecule has 3 atom stereocenters. The lowest BCUT2D eigenvalue weighted by atomic mass is 10.2. The minimum Gasteiger partial charge on any atom is -0.459 e. The highest BCUT2D eigenvalue weighted by Gasteiger charge is 2.54. The van der Waals surface area contributed by atoms with Crippen LogP contribution in [-0.4, -0.2) is 42.6 Å². The molecule has 0 radical (unpaired) electrons. The number of esters is 1. The van der Waals surface area contributed by atoms with Gasteiger partial charge in [-0.25, -0.2) is 4.79 Å². The zero-order valence-electron chi connectivity index (χ0n) is 11.8. The lowest BCUT2D eigenvalue weighted by molar-refractivity contribution is -0.207. The van der Waals surface area contributed by atoms with Crippen LogP contribution < -0.4 is 0 Å². The second kappa shape index (κ2) is 5.22. The Bertz CT molecular complexity index is 553. The van der Waals surface area contributed by atoms with E-state index >= 15 is 0 Å². The van der Waals surface area contributed by atoms with Gasteiger partial charge in [0, 0.05) is 0 Å². The third-order valence-corrected chi connectivity index (χ3v) is 3.33. The first-order valence-corrected chi connectivity index (χ1v) is 6.73. The van der Waals surface area contributed by atoms with Crippen LogP contribution >= 0.6 is 0 Å². The van der Waals surface area contributed by atoms with Crippen LogP contribution in [0, 0.1) is 0 Å². The van der Waals surface area contributed by atoms with E-state index in [4.69, 9.17) is 18.9 Å². The summed E-state index contributed by atoms with van der Waals surface area (Å²) in [6.45, 7) is 3.28. The highest BCUT2D eigenvalue weighted by Crippen LogP contribution is 2.35. The molecule has 2 heterocycles. The number of ketones is 1. The summed E-state index contributed by atoms with van der Waals surface area (Å²) in [5, 5.41) is 0. The van der Waals surface area contributed by atoms with Gasteiger partial charge in [0.05, 0.1) is 5.56 Å². The first kappa shape index (κ1) is 14.2. The monoisotopic (exact) mass is 292 g/mol. The fourth-order valence-electron chi connectivity index (χ4n) is 2.36. The van der Waals surface area contributed by atoms with Crippen molar-refractivity contribution in [3.8, 4) is 0 Å². The Labute approximate surface area is 121 Å². The summed E-state index contributed by atoms with van der Waals surface area (Å²) in [4.78, 5) is 23.9. The van der Waals surface area contributed by atoms with Crippen LogP contribution in [0.5, 0.6) is 0 Å². The first-order valence-electron chi connectivity index (χ1n) is 6.73. The number of carbonyl (C=O) groups is 2. The third kappa shape index (κ3) is 2.83. The molecular formula is C15H16O6. The van der Waals surface area contributed by atoms with Crippen molar-refractivity contribution in [1.29, 1.82) is 0 Å². The summed E-state index contributed by atoms with van der Waals surface area (Å²) in [6, 6.07) is 8.56. The van der Waals surface area contributed by atoms with Gasteiger partial charge in [-0.05, 0) is 26.0 Å². The van der Waals surface area contributed by atoms with Crippen LogP contribution in [0.25, 0.3) is 0 Å². The van der Waals surface area contributed by atoms with Crippen molar-refractivity contribution in [3.63, 3.8) is 0 Å². The highest BCUT2D eigenvalue weighted by atomic mass is 16.8. The number of carbonyl (C=O) groups excluding carboxylic acids is 2. The van der Waals surface area contributed by atoms with Gasteiger partial charge in [0.15, 0.2) is 30.1 Å². The van der Waals surface area contributed by atoms with Gasteiger partial charge < -0.3 is 18.9 Å². The van der Waals surface area contributed by atoms with E-state index in [0.29, 0.717) is 5.56 Å². The van der Waals surface area contributed by atoms with Gasteiger partial charge in [0.1, 0.15) is 6.61 Å². The Morgan fingerprint density at radius 1 is 1.24 bits per heavy atom. The van der Waals surface area contributed by atoms with Crippen molar-refractivity contribution >= 4 is 11.8 Å². The molecule has 0 N–H and O–H groups in total. The van der Waals surface area contributed by atoms with Crippen molar-refractivity contribution in [2.24, 2.45) is 0 Å². The molecule has 2 aliphatic rings. The molecule has 6 nitrogen and oxygen atoms in total. The van der Waals surface area contributed by atoms with E-state index in [0.717, 1.165) is 0 Å². The van der Waals surface area contributed by atoms with Gasteiger partial charge in [0.25, 0.3) is 0 Å². The van der Waals surface area contributed by atoms with Gasteiger partial charge >= 0.3 is 5.97 Å². The molecule has 6 heteroatoms. The summed E-state index contributed by atoms with van der Waals surface area (Å²) >= 11 is 0. The summed E-state index contributed by atoms with van der Waals surface area (Å²) in [5.41, 5.74) is 0.428. The van der Waals surface area contributed by atoms with Crippen molar-refractivity contribution in [2.45, 2.75) is 38.1 Å². The number of Topliss-reactive ketones (excluding diaryl/α,β-unsaturated/α-hetero) is 1. The quantitative estimate of drug-likeness (QED) is 0.782. The molecule has 3 rings (SSSR count). The van der Waals surface area contributed by atoms with Gasteiger partial charge in [-0.15, -0.1) is 0 Å². The molecule has 112 valence electrons. The van der Waals surface area contributed by atoms with Crippen LogP contribution in [0.15, 0.2) is 30.3 Å². The number of hydrogen-bond acceptors (Lipinski definition) is 6. The van der Waals surface area contributed by atoms with Crippen LogP contribution in [-0.2, 0) is 23.7 Å². The Kier molecular flexibility index (Phi) is 3.52. The number of benzene rings is 1. The molecule has 0 aliphatic carbocycles. The lowest BCUT2D eigenvalue weighted by Crippen LogP contribution is -2.33. The number of rotatable bonds is 3. The summed E-state index contributed by atoms with van der Waals surface area (Å²) in [6.07, 6.45) is -2.32. The zero-order valence-corrected chi connectivity index (χ0v) is 11.8. The number of ether oxygens (including phenoxy) is 4. The van der Waals surface area contributed by atoms with E-state index in [1.165, 1.54) is 0 Å². The molecular weight excluding hydrogens is 276 g/mol. The molecule has 21 heavy (non-hydrogen) atoms. The van der Waals surface area contributed by atoms with Crippen molar-refractivity contribution in [2.75, 3.05) is 6.61 Å². The molecule has 2 aliphatic heterocycles. The maximum Gasteiger partial charge on any atom is 0.338 e. The molecule has 1 aromatic carbocycles. The minimum atomic E-state index is -0.844. The molecule has 1 aromatic rings. The van der Waals surface area contributed by atoms with Crippen molar-refractivity contribution in [3.05, 3.63) is 35.9 Å². The molecule has 2 saturated heterocycles. The molecule has 0 saturated carbocycles. The maximum atomic E-state index is 12.1. The van der Waals surface area contributed by atoms with Crippen molar-refractivity contribution in [1.82, 2.24) is 0 Å². The Morgan fingerprint density at radius 3 is 2.62 bits per heavy atom. The molecule has 0 spiro atoms. The number of fused-ring (bicyclic) bond motifs is 1. The third-order valence-electron chi connectivity index (χ3n) is 3.33. The standard InChI is InChI=1S/C15H16O6/c1-15(2)20-12-11(16)10(19-14(12)21-15)8-18-13(17)9-6-4-3-5-7-9/h3-7,10,12,14H,8H2,1-2H3/t10-,12?,14-/m1/s1. The van der Waals surface area contributed by atoms with Crippen LogP contribution in [0.1, 0.15) is 24.2 Å². The molecule has 0 aromatic heterocycles. The van der Waals surface area contributed by atoms with Gasteiger partial charge in [-0.2, -0.15) is 0 Å². The SMILES string of the molecule is CC1(C)OC2C(=O)[C@@H](COC(=O)c3ccccc3)O[C@@H]2O1. The van der Waals surface area contributed by atoms with Crippen LogP contribution in [0.4, 0.5) is 0 Å². The fourth-order valence-corrected chi connectivity index (χ4v) is 2.36. The van der Waals surface area contributed by atoms with Crippen LogP contribution in [0.3, 0.4) is 0 Å². The molecule has 0 bridgehead atoms. The predicted molar refractivity (Wildman–Crippen MR) is 70.4 cm³/mol. The molecule has 2 fully saturated rings. The summed E-state index contributed by atoms with van der Waals surface area (Å²) < 4.78 is 21.5. The second-order valence-electron chi connectivity index (χ2n) is 5.42. The average molecular weight is 292 g/mol. The van der Waals surface area contributed by atoms with E-state index in [-0.39, 0.29) is 12.4 Å². The summed E-state index contributed by atoms with van der Waals surface area (Å²) in [7, 11) is 0. The average Bonchev–Trinajstić information content (AvgIpc) is 2.91. The molecule has 0 amide bonds. The predicted octanol–water partition coefficient (Wildman–Crippen LogP) is 1.29. The van der Waals surface area contributed by atoms with Crippen molar-refractivity contribution < 1.29 is 28.5 Å². The number of hydrogen-bond donors (Lipinski definition) is 0. The lowest BCUT2D eigenvalue weighted by Gasteiger charge is -2.19. The highest BCUT2D eigenvalue weighted by molar-refractivity contribution is 5.92. The van der Waals surface area contributed by atoms with Gasteiger partial charge in [-0.1, -0.05) is 18.2 Å². The topological polar surface area (TPSA) is 71.1 Å². The Morgan fingerprint density at radius 2 is 1.95 bits per heavy atom. The van der Waals surface area contributed by atoms with Gasteiger partial charge in [-0.3, -0.25) is 4.79 Å². The van der Waals surface area contributed by atoms with E-state index in [1.54, 1.807) is 44.2 Å². The van der Waals surface area contributed by atoms with Gasteiger partial charge in [0.2, 0.25) is 0 Å². The zero-order chi connectivity index (χ0) is 15.0.